The van der Waals surface area contributed by atoms with Crippen LogP contribution < -0.4 is 4.74 Å². The first-order valence-corrected chi connectivity index (χ1v) is 5.10. The van der Waals surface area contributed by atoms with Crippen molar-refractivity contribution in [2.75, 3.05) is 7.11 Å². The van der Waals surface area contributed by atoms with Gasteiger partial charge in [-0.05, 0) is 18.2 Å². The van der Waals surface area contributed by atoms with Crippen LogP contribution in [-0.4, -0.2) is 23.2 Å². The number of hydrogen-bond donors (Lipinski definition) is 1. The van der Waals surface area contributed by atoms with Crippen LogP contribution in [0.2, 0.25) is 0 Å². The molecular formula is C12H10FNO4. The van der Waals surface area contributed by atoms with Gasteiger partial charge < -0.3 is 14.3 Å². The quantitative estimate of drug-likeness (QED) is 0.900. The van der Waals surface area contributed by atoms with Gasteiger partial charge in [0.2, 0.25) is 0 Å². The number of halogens is 1. The van der Waals surface area contributed by atoms with Crippen molar-refractivity contribution < 1.29 is 23.4 Å². The van der Waals surface area contributed by atoms with Gasteiger partial charge in [0.1, 0.15) is 29.4 Å². The molecule has 1 heterocycles. The molecule has 0 aliphatic carbocycles. The van der Waals surface area contributed by atoms with E-state index >= 15 is 0 Å². The summed E-state index contributed by atoms with van der Waals surface area (Å²) in [6, 6.07) is 3.92. The van der Waals surface area contributed by atoms with Gasteiger partial charge in [-0.15, -0.1) is 0 Å². The van der Waals surface area contributed by atoms with Gasteiger partial charge in [0.25, 0.3) is 0 Å². The van der Waals surface area contributed by atoms with Gasteiger partial charge in [-0.25, -0.2) is 9.37 Å². The summed E-state index contributed by atoms with van der Waals surface area (Å²) in [7, 11) is 1.44. The van der Waals surface area contributed by atoms with Crippen molar-refractivity contribution in [2.45, 2.75) is 6.42 Å². The number of carbonyl (C=O) groups is 1. The number of carboxylic acid groups (broad SMARTS) is 1. The minimum Gasteiger partial charge on any atom is -0.496 e. The lowest BCUT2D eigenvalue weighted by molar-refractivity contribution is -0.136. The second-order valence-electron chi connectivity index (χ2n) is 3.54. The Morgan fingerprint density at radius 2 is 2.33 bits per heavy atom. The molecule has 0 spiro atoms. The van der Waals surface area contributed by atoms with E-state index in [9.17, 15) is 9.18 Å². The first-order chi connectivity index (χ1) is 8.61. The van der Waals surface area contributed by atoms with Crippen molar-refractivity contribution in [1.82, 2.24) is 4.98 Å². The van der Waals surface area contributed by atoms with E-state index in [0.717, 1.165) is 6.39 Å². The highest BCUT2D eigenvalue weighted by Gasteiger charge is 2.17. The fraction of sp³-hybridized carbons (Fsp3) is 0.167. The van der Waals surface area contributed by atoms with Crippen LogP contribution in [0.5, 0.6) is 5.75 Å². The van der Waals surface area contributed by atoms with Crippen LogP contribution in [-0.2, 0) is 11.2 Å². The van der Waals surface area contributed by atoms with Crippen LogP contribution in [0, 0.1) is 5.82 Å². The maximum absolute atomic E-state index is 13.2. The highest BCUT2D eigenvalue weighted by molar-refractivity contribution is 5.75. The Balaban J connectivity index is 2.51. The molecule has 5 nitrogen and oxygen atoms in total. The third kappa shape index (κ3) is 2.32. The molecule has 1 aromatic heterocycles. The molecule has 0 aliphatic rings. The summed E-state index contributed by atoms with van der Waals surface area (Å²) in [5.41, 5.74) is 0.635. The number of oxazole rings is 1. The Morgan fingerprint density at radius 1 is 1.56 bits per heavy atom. The summed E-state index contributed by atoms with van der Waals surface area (Å²) in [6.45, 7) is 0. The van der Waals surface area contributed by atoms with Crippen molar-refractivity contribution in [3.63, 3.8) is 0 Å². The van der Waals surface area contributed by atoms with Gasteiger partial charge in [0.05, 0.1) is 7.11 Å². The molecule has 6 heteroatoms. The molecule has 0 amide bonds. The topological polar surface area (TPSA) is 72.6 Å². The molecule has 0 saturated carbocycles. The Hall–Kier alpha value is -2.37. The molecular weight excluding hydrogens is 241 g/mol. The number of methoxy groups -OCH3 is 1. The van der Waals surface area contributed by atoms with Gasteiger partial charge in [-0.1, -0.05) is 0 Å². The summed E-state index contributed by atoms with van der Waals surface area (Å²) in [5, 5.41) is 8.74. The summed E-state index contributed by atoms with van der Waals surface area (Å²) in [6.07, 6.45) is 0.799. The second kappa shape index (κ2) is 4.87. The highest BCUT2D eigenvalue weighted by atomic mass is 19.1. The second-order valence-corrected chi connectivity index (χ2v) is 3.54. The number of nitrogens with zero attached hydrogens (tertiary/aromatic N) is 1. The van der Waals surface area contributed by atoms with Crippen LogP contribution in [0.25, 0.3) is 11.3 Å². The lowest BCUT2D eigenvalue weighted by Crippen LogP contribution is -2.01. The number of aliphatic carboxylic acids is 1. The van der Waals surface area contributed by atoms with Crippen LogP contribution in [0.3, 0.4) is 0 Å². The Labute approximate surface area is 102 Å². The first kappa shape index (κ1) is 12.1. The van der Waals surface area contributed by atoms with Crippen LogP contribution in [0.4, 0.5) is 4.39 Å². The van der Waals surface area contributed by atoms with E-state index in [4.69, 9.17) is 14.3 Å². The fourth-order valence-corrected chi connectivity index (χ4v) is 1.62. The SMILES string of the molecule is COc1ccc(F)cc1-c1ncoc1CC(=O)O. The Morgan fingerprint density at radius 3 is 3.00 bits per heavy atom. The lowest BCUT2D eigenvalue weighted by atomic mass is 10.1. The number of ether oxygens (including phenoxy) is 1. The van der Waals surface area contributed by atoms with Crippen molar-refractivity contribution >= 4 is 5.97 Å². The maximum atomic E-state index is 13.2. The predicted octanol–water partition coefficient (Wildman–Crippen LogP) is 2.12. The molecule has 0 unspecified atom stereocenters. The monoisotopic (exact) mass is 251 g/mol. The fourth-order valence-electron chi connectivity index (χ4n) is 1.62. The van der Waals surface area contributed by atoms with Gasteiger partial charge in [-0.3, -0.25) is 4.79 Å². The van der Waals surface area contributed by atoms with E-state index in [0.29, 0.717) is 11.3 Å². The molecule has 0 bridgehead atoms. The third-order valence-electron chi connectivity index (χ3n) is 2.37. The molecule has 0 aliphatic heterocycles. The number of aromatic nitrogens is 1. The van der Waals surface area contributed by atoms with Crippen molar-refractivity contribution in [3.05, 3.63) is 36.2 Å². The number of benzene rings is 1. The van der Waals surface area contributed by atoms with Crippen LogP contribution >= 0.6 is 0 Å². The van der Waals surface area contributed by atoms with Gasteiger partial charge in [0.15, 0.2) is 6.39 Å². The molecule has 2 aromatic rings. The van der Waals surface area contributed by atoms with Crippen LogP contribution in [0.1, 0.15) is 5.76 Å². The Kier molecular flexibility index (Phi) is 3.27. The van der Waals surface area contributed by atoms with Crippen LogP contribution in [0.15, 0.2) is 29.0 Å². The predicted molar refractivity (Wildman–Crippen MR) is 59.8 cm³/mol. The van der Waals surface area contributed by atoms with Gasteiger partial charge in [-0.2, -0.15) is 0 Å². The molecule has 94 valence electrons. The standard InChI is InChI=1S/C12H10FNO4/c1-17-9-3-2-7(13)4-8(9)12-10(5-11(15)16)18-6-14-12/h2-4,6H,5H2,1H3,(H,15,16). The summed E-state index contributed by atoms with van der Waals surface area (Å²) in [4.78, 5) is 14.6. The zero-order chi connectivity index (χ0) is 13.1. The summed E-state index contributed by atoms with van der Waals surface area (Å²) >= 11 is 0. The largest absolute Gasteiger partial charge is 0.496 e. The molecule has 0 saturated heterocycles. The van der Waals surface area contributed by atoms with E-state index in [1.807, 2.05) is 0 Å². The van der Waals surface area contributed by atoms with Crippen molar-refractivity contribution in [2.24, 2.45) is 0 Å². The highest BCUT2D eigenvalue weighted by Crippen LogP contribution is 2.32. The smallest absolute Gasteiger partial charge is 0.311 e. The minimum absolute atomic E-state index is 0.159. The number of carboxylic acids is 1. The molecule has 0 radical (unpaired) electrons. The van der Waals surface area contributed by atoms with E-state index in [1.165, 1.54) is 25.3 Å². The Bertz CT molecular complexity index is 579. The first-order valence-electron chi connectivity index (χ1n) is 5.10. The van der Waals surface area contributed by atoms with Gasteiger partial charge in [0, 0.05) is 5.56 Å². The molecule has 2 rings (SSSR count). The van der Waals surface area contributed by atoms with Gasteiger partial charge >= 0.3 is 5.97 Å². The summed E-state index contributed by atoms with van der Waals surface area (Å²) in [5.74, 6) is -0.957. The summed E-state index contributed by atoms with van der Waals surface area (Å²) < 4.78 is 23.3. The van der Waals surface area contributed by atoms with Crippen molar-refractivity contribution in [3.8, 4) is 17.0 Å². The lowest BCUT2D eigenvalue weighted by Gasteiger charge is -2.06. The molecule has 18 heavy (non-hydrogen) atoms. The average Bonchev–Trinajstić information content (AvgIpc) is 2.76. The molecule has 0 fully saturated rings. The molecule has 0 atom stereocenters. The zero-order valence-corrected chi connectivity index (χ0v) is 9.51. The number of hydrogen-bond acceptors (Lipinski definition) is 4. The normalized spacial score (nSPS) is 10.3. The molecule has 1 aromatic carbocycles. The number of rotatable bonds is 4. The average molecular weight is 251 g/mol. The maximum Gasteiger partial charge on any atom is 0.311 e. The van der Waals surface area contributed by atoms with Crippen molar-refractivity contribution in [1.29, 1.82) is 0 Å². The third-order valence-corrected chi connectivity index (χ3v) is 2.37. The van der Waals surface area contributed by atoms with E-state index < -0.39 is 11.8 Å². The van der Waals surface area contributed by atoms with E-state index in [2.05, 4.69) is 4.98 Å². The minimum atomic E-state index is -1.05. The molecule has 1 N–H and O–H groups in total. The zero-order valence-electron chi connectivity index (χ0n) is 9.51. The van der Waals surface area contributed by atoms with E-state index in [1.54, 1.807) is 0 Å². The van der Waals surface area contributed by atoms with E-state index in [-0.39, 0.29) is 17.9 Å².